The Balaban J connectivity index is 1.78. The number of benzene rings is 1. The number of ether oxygens (including phenoxy) is 2. The van der Waals surface area contributed by atoms with Gasteiger partial charge in [0.25, 0.3) is 0 Å². The van der Waals surface area contributed by atoms with E-state index in [1.54, 1.807) is 0 Å². The van der Waals surface area contributed by atoms with E-state index >= 15 is 0 Å². The molecule has 0 amide bonds. The summed E-state index contributed by atoms with van der Waals surface area (Å²) in [6, 6.07) is 8.10. The van der Waals surface area contributed by atoms with Crippen molar-refractivity contribution in [3.63, 3.8) is 0 Å². The first-order chi connectivity index (χ1) is 10.5. The smallest absolute Gasteiger partial charge is 0.319 e. The summed E-state index contributed by atoms with van der Waals surface area (Å²) in [5.41, 5.74) is 1.65. The largest absolute Gasteiger partial charge is 0.491 e. The molecule has 22 heavy (non-hydrogen) atoms. The average molecular weight is 302 g/mol. The first-order valence-corrected chi connectivity index (χ1v) is 7.75. The number of allylic oxidation sites excluding steroid dienone is 1. The summed E-state index contributed by atoms with van der Waals surface area (Å²) in [5, 5.41) is 10.4. The fraction of sp³-hybridized carbons (Fsp3) is 0.500. The molecular weight excluding hydrogens is 280 g/mol. The summed E-state index contributed by atoms with van der Waals surface area (Å²) in [6.07, 6.45) is 3.80. The van der Waals surface area contributed by atoms with Crippen LogP contribution in [0, 0.1) is 5.41 Å². The molecule has 0 fully saturated rings. The standard InChI is InChI=1S/C18H22O4/c1-18(17(20)21-2)9-5-8-16(18)22-15-11-13-7-4-3-6-12(13)10-14(15)19/h3-4,6-8,14-15,19H,5,9-11H2,1-2H3/t14-,15-,18-/m1/s1. The summed E-state index contributed by atoms with van der Waals surface area (Å²) < 4.78 is 11.0. The van der Waals surface area contributed by atoms with E-state index < -0.39 is 11.5 Å². The topological polar surface area (TPSA) is 55.8 Å². The Labute approximate surface area is 130 Å². The first-order valence-electron chi connectivity index (χ1n) is 7.75. The van der Waals surface area contributed by atoms with Gasteiger partial charge in [-0.05, 0) is 37.0 Å². The number of methoxy groups -OCH3 is 1. The molecule has 4 heteroatoms. The minimum absolute atomic E-state index is 0.276. The van der Waals surface area contributed by atoms with Gasteiger partial charge in [-0.25, -0.2) is 0 Å². The number of rotatable bonds is 3. The van der Waals surface area contributed by atoms with Gasteiger partial charge in [0.05, 0.1) is 13.2 Å². The van der Waals surface area contributed by atoms with Crippen molar-refractivity contribution in [3.05, 3.63) is 47.2 Å². The zero-order valence-corrected chi connectivity index (χ0v) is 13.0. The molecule has 0 aromatic heterocycles. The van der Waals surface area contributed by atoms with E-state index in [9.17, 15) is 9.90 Å². The third kappa shape index (κ3) is 2.52. The Hall–Kier alpha value is -1.81. The highest BCUT2D eigenvalue weighted by molar-refractivity contribution is 5.80. The van der Waals surface area contributed by atoms with E-state index in [0.717, 1.165) is 6.42 Å². The van der Waals surface area contributed by atoms with Crippen LogP contribution in [0.15, 0.2) is 36.1 Å². The predicted molar refractivity (Wildman–Crippen MR) is 82.2 cm³/mol. The van der Waals surface area contributed by atoms with Crippen LogP contribution in [0.5, 0.6) is 0 Å². The van der Waals surface area contributed by atoms with Gasteiger partial charge in [0.15, 0.2) is 0 Å². The van der Waals surface area contributed by atoms with Crippen LogP contribution < -0.4 is 0 Å². The van der Waals surface area contributed by atoms with Crippen LogP contribution >= 0.6 is 0 Å². The minimum atomic E-state index is -0.731. The summed E-state index contributed by atoms with van der Waals surface area (Å²) >= 11 is 0. The average Bonchev–Trinajstić information content (AvgIpc) is 2.89. The van der Waals surface area contributed by atoms with Crippen molar-refractivity contribution < 1.29 is 19.4 Å². The molecule has 118 valence electrons. The van der Waals surface area contributed by atoms with Crippen molar-refractivity contribution >= 4 is 5.97 Å². The molecule has 3 rings (SSSR count). The number of fused-ring (bicyclic) bond motifs is 1. The lowest BCUT2D eigenvalue weighted by atomic mass is 9.86. The van der Waals surface area contributed by atoms with Crippen molar-refractivity contribution in [1.29, 1.82) is 0 Å². The number of aliphatic hydroxyl groups is 1. The number of hydrogen-bond acceptors (Lipinski definition) is 4. The molecule has 1 aromatic carbocycles. The predicted octanol–water partition coefficient (Wildman–Crippen LogP) is 2.39. The Bertz CT molecular complexity index is 607. The highest BCUT2D eigenvalue weighted by Gasteiger charge is 2.44. The van der Waals surface area contributed by atoms with Crippen LogP contribution in [0.1, 0.15) is 30.9 Å². The Morgan fingerprint density at radius 2 is 1.95 bits per heavy atom. The van der Waals surface area contributed by atoms with E-state index in [1.807, 2.05) is 31.2 Å². The molecule has 1 N–H and O–H groups in total. The van der Waals surface area contributed by atoms with E-state index in [4.69, 9.17) is 9.47 Å². The van der Waals surface area contributed by atoms with Crippen LogP contribution in [-0.2, 0) is 27.1 Å². The van der Waals surface area contributed by atoms with E-state index in [1.165, 1.54) is 18.2 Å². The van der Waals surface area contributed by atoms with Gasteiger partial charge >= 0.3 is 5.97 Å². The maximum Gasteiger partial charge on any atom is 0.319 e. The van der Waals surface area contributed by atoms with Gasteiger partial charge in [-0.15, -0.1) is 0 Å². The second-order valence-corrected chi connectivity index (χ2v) is 6.33. The lowest BCUT2D eigenvalue weighted by Gasteiger charge is -2.34. The van der Waals surface area contributed by atoms with Crippen molar-refractivity contribution in [2.24, 2.45) is 5.41 Å². The van der Waals surface area contributed by atoms with Crippen molar-refractivity contribution in [1.82, 2.24) is 0 Å². The molecular formula is C18H22O4. The molecule has 0 saturated heterocycles. The molecule has 3 atom stereocenters. The molecule has 0 bridgehead atoms. The molecule has 2 aliphatic rings. The monoisotopic (exact) mass is 302 g/mol. The van der Waals surface area contributed by atoms with Crippen LogP contribution in [0.3, 0.4) is 0 Å². The van der Waals surface area contributed by atoms with E-state index in [2.05, 4.69) is 6.07 Å². The maximum atomic E-state index is 12.1. The van der Waals surface area contributed by atoms with Crippen LogP contribution in [-0.4, -0.2) is 30.4 Å². The van der Waals surface area contributed by atoms with E-state index in [0.29, 0.717) is 25.0 Å². The van der Waals surface area contributed by atoms with Gasteiger partial charge in [-0.3, -0.25) is 4.79 Å². The number of esters is 1. The van der Waals surface area contributed by atoms with Crippen LogP contribution in [0.2, 0.25) is 0 Å². The molecule has 4 nitrogen and oxygen atoms in total. The fourth-order valence-electron chi connectivity index (χ4n) is 3.40. The highest BCUT2D eigenvalue weighted by atomic mass is 16.5. The Morgan fingerprint density at radius 3 is 2.64 bits per heavy atom. The number of aliphatic hydroxyl groups excluding tert-OH is 1. The van der Waals surface area contributed by atoms with Crippen molar-refractivity contribution in [2.75, 3.05) is 7.11 Å². The molecule has 0 heterocycles. The van der Waals surface area contributed by atoms with Gasteiger partial charge in [-0.1, -0.05) is 24.3 Å². The van der Waals surface area contributed by atoms with Crippen molar-refractivity contribution in [2.45, 2.75) is 44.8 Å². The third-order valence-corrected chi connectivity index (χ3v) is 4.83. The fourth-order valence-corrected chi connectivity index (χ4v) is 3.40. The Morgan fingerprint density at radius 1 is 1.27 bits per heavy atom. The van der Waals surface area contributed by atoms with E-state index in [-0.39, 0.29) is 12.1 Å². The second-order valence-electron chi connectivity index (χ2n) is 6.33. The normalized spacial score (nSPS) is 30.4. The third-order valence-electron chi connectivity index (χ3n) is 4.83. The van der Waals surface area contributed by atoms with Crippen molar-refractivity contribution in [3.8, 4) is 0 Å². The molecule has 0 radical (unpaired) electrons. The molecule has 0 spiro atoms. The quantitative estimate of drug-likeness (QED) is 0.871. The molecule has 2 aliphatic carbocycles. The lowest BCUT2D eigenvalue weighted by Crippen LogP contribution is -2.39. The molecule has 1 aromatic rings. The van der Waals surface area contributed by atoms with Crippen LogP contribution in [0.4, 0.5) is 0 Å². The second kappa shape index (κ2) is 5.76. The highest BCUT2D eigenvalue weighted by Crippen LogP contribution is 2.42. The number of carbonyl (C=O) groups excluding carboxylic acids is 1. The zero-order chi connectivity index (χ0) is 15.7. The zero-order valence-electron chi connectivity index (χ0n) is 13.0. The first kappa shape index (κ1) is 15.1. The minimum Gasteiger partial charge on any atom is -0.491 e. The van der Waals surface area contributed by atoms with Crippen LogP contribution in [0.25, 0.3) is 0 Å². The summed E-state index contributed by atoms with van der Waals surface area (Å²) in [6.45, 7) is 1.85. The Kier molecular flexibility index (Phi) is 3.96. The molecule has 0 saturated carbocycles. The van der Waals surface area contributed by atoms with Gasteiger partial charge in [0, 0.05) is 12.8 Å². The summed E-state index contributed by atoms with van der Waals surface area (Å²) in [4.78, 5) is 12.1. The molecule has 0 aliphatic heterocycles. The van der Waals surface area contributed by atoms with Gasteiger partial charge in [-0.2, -0.15) is 0 Å². The SMILES string of the molecule is COC(=O)[C@]1(C)CCC=C1O[C@@H]1Cc2ccccc2C[C@H]1O. The number of hydrogen-bond donors (Lipinski definition) is 1. The lowest BCUT2D eigenvalue weighted by molar-refractivity contribution is -0.152. The summed E-state index contributed by atoms with van der Waals surface area (Å²) in [5.74, 6) is 0.365. The van der Waals surface area contributed by atoms with Gasteiger partial charge in [0.1, 0.15) is 17.3 Å². The van der Waals surface area contributed by atoms with Gasteiger partial charge in [0.2, 0.25) is 0 Å². The number of carbonyl (C=O) groups is 1. The maximum absolute atomic E-state index is 12.1. The molecule has 0 unspecified atom stereocenters. The summed E-state index contributed by atoms with van der Waals surface area (Å²) in [7, 11) is 1.40. The van der Waals surface area contributed by atoms with Gasteiger partial charge < -0.3 is 14.6 Å².